The van der Waals surface area contributed by atoms with Gasteiger partial charge in [-0.25, -0.2) is 4.98 Å². The highest BCUT2D eigenvalue weighted by Crippen LogP contribution is 2.25. The van der Waals surface area contributed by atoms with Crippen molar-refractivity contribution < 1.29 is 9.53 Å². The molecule has 0 saturated carbocycles. The van der Waals surface area contributed by atoms with Gasteiger partial charge in [0.15, 0.2) is 5.13 Å². The summed E-state index contributed by atoms with van der Waals surface area (Å²) in [4.78, 5) is 18.6. The lowest BCUT2D eigenvalue weighted by atomic mass is 10.3. The van der Waals surface area contributed by atoms with Gasteiger partial charge in [0.05, 0.1) is 23.4 Å². The van der Waals surface area contributed by atoms with E-state index in [1.165, 1.54) is 11.3 Å². The van der Waals surface area contributed by atoms with E-state index >= 15 is 0 Å². The second kappa shape index (κ2) is 6.30. The standard InChI is InChI=1S/C14H17N3O2S/c18-13(5-6-17-7-9-19-10-8-17)16-14-15-11-3-1-2-4-12(11)20-14/h1-4H,5-10H2,(H,15,16,18). The number of para-hydroxylation sites is 1. The average Bonchev–Trinajstić information content (AvgIpc) is 2.88. The highest BCUT2D eigenvalue weighted by molar-refractivity contribution is 7.22. The Kier molecular flexibility index (Phi) is 4.25. The first-order valence-corrected chi connectivity index (χ1v) is 7.58. The van der Waals surface area contributed by atoms with Crippen molar-refractivity contribution >= 4 is 32.6 Å². The van der Waals surface area contributed by atoms with Gasteiger partial charge in [-0.15, -0.1) is 0 Å². The van der Waals surface area contributed by atoms with Crippen molar-refractivity contribution in [3.05, 3.63) is 24.3 Å². The molecule has 1 fully saturated rings. The van der Waals surface area contributed by atoms with Crippen molar-refractivity contribution in [2.45, 2.75) is 6.42 Å². The van der Waals surface area contributed by atoms with Gasteiger partial charge in [0.25, 0.3) is 0 Å². The van der Waals surface area contributed by atoms with Gasteiger partial charge in [0, 0.05) is 26.1 Å². The van der Waals surface area contributed by atoms with Gasteiger partial charge >= 0.3 is 0 Å². The molecular weight excluding hydrogens is 274 g/mol. The Morgan fingerprint density at radius 3 is 2.95 bits per heavy atom. The maximum absolute atomic E-state index is 11.9. The Morgan fingerprint density at radius 2 is 2.15 bits per heavy atom. The predicted molar refractivity (Wildman–Crippen MR) is 80.1 cm³/mol. The molecule has 5 nitrogen and oxygen atoms in total. The molecule has 1 aliphatic heterocycles. The summed E-state index contributed by atoms with van der Waals surface area (Å²) in [5.74, 6) is 0.0237. The molecule has 1 N–H and O–H groups in total. The average molecular weight is 291 g/mol. The SMILES string of the molecule is O=C(CCN1CCOCC1)Nc1nc2ccccc2s1. The number of benzene rings is 1. The molecule has 2 aromatic rings. The van der Waals surface area contributed by atoms with Crippen LogP contribution in [-0.2, 0) is 9.53 Å². The van der Waals surface area contributed by atoms with E-state index in [0.717, 1.165) is 43.1 Å². The molecule has 1 aliphatic rings. The van der Waals surface area contributed by atoms with Crippen LogP contribution in [0.3, 0.4) is 0 Å². The summed E-state index contributed by atoms with van der Waals surface area (Å²) in [6.07, 6.45) is 0.496. The van der Waals surface area contributed by atoms with Gasteiger partial charge in [0.1, 0.15) is 0 Å². The number of morpholine rings is 1. The fourth-order valence-corrected chi connectivity index (χ4v) is 3.07. The minimum Gasteiger partial charge on any atom is -0.379 e. The van der Waals surface area contributed by atoms with Crippen LogP contribution in [0.15, 0.2) is 24.3 Å². The summed E-state index contributed by atoms with van der Waals surface area (Å²) in [6.45, 7) is 4.13. The molecule has 0 atom stereocenters. The number of thiazole rings is 1. The lowest BCUT2D eigenvalue weighted by Crippen LogP contribution is -2.38. The number of amides is 1. The number of nitrogens with zero attached hydrogens (tertiary/aromatic N) is 2. The van der Waals surface area contributed by atoms with Crippen LogP contribution in [0.4, 0.5) is 5.13 Å². The lowest BCUT2D eigenvalue weighted by Gasteiger charge is -2.26. The largest absolute Gasteiger partial charge is 0.379 e. The van der Waals surface area contributed by atoms with Crippen LogP contribution >= 0.6 is 11.3 Å². The van der Waals surface area contributed by atoms with E-state index in [2.05, 4.69) is 15.2 Å². The van der Waals surface area contributed by atoms with Crippen LogP contribution in [0.25, 0.3) is 10.2 Å². The lowest BCUT2D eigenvalue weighted by molar-refractivity contribution is -0.116. The van der Waals surface area contributed by atoms with Gasteiger partial charge in [-0.05, 0) is 12.1 Å². The maximum Gasteiger partial charge on any atom is 0.227 e. The van der Waals surface area contributed by atoms with Crippen LogP contribution in [0, 0.1) is 0 Å². The van der Waals surface area contributed by atoms with Gasteiger partial charge in [-0.1, -0.05) is 23.5 Å². The zero-order valence-electron chi connectivity index (χ0n) is 11.2. The first-order valence-electron chi connectivity index (χ1n) is 6.77. The van der Waals surface area contributed by atoms with Gasteiger partial charge in [-0.2, -0.15) is 0 Å². The smallest absolute Gasteiger partial charge is 0.227 e. The summed E-state index contributed by atoms with van der Waals surface area (Å²) in [5.41, 5.74) is 0.931. The molecule has 20 heavy (non-hydrogen) atoms. The van der Waals surface area contributed by atoms with Gasteiger partial charge < -0.3 is 10.1 Å². The number of fused-ring (bicyclic) bond motifs is 1. The molecule has 6 heteroatoms. The molecular formula is C14H17N3O2S. The molecule has 0 aliphatic carbocycles. The van der Waals surface area contributed by atoms with Crippen molar-refractivity contribution in [2.75, 3.05) is 38.2 Å². The van der Waals surface area contributed by atoms with Crippen molar-refractivity contribution in [1.29, 1.82) is 0 Å². The summed E-state index contributed by atoms with van der Waals surface area (Å²) in [7, 11) is 0. The van der Waals surface area contributed by atoms with E-state index in [-0.39, 0.29) is 5.91 Å². The minimum absolute atomic E-state index is 0.0237. The molecule has 3 rings (SSSR count). The molecule has 0 radical (unpaired) electrons. The van der Waals surface area contributed by atoms with Crippen LogP contribution in [0.1, 0.15) is 6.42 Å². The second-order valence-electron chi connectivity index (χ2n) is 4.74. The summed E-state index contributed by atoms with van der Waals surface area (Å²) < 4.78 is 6.38. The van der Waals surface area contributed by atoms with Crippen molar-refractivity contribution in [2.24, 2.45) is 0 Å². The zero-order valence-corrected chi connectivity index (χ0v) is 12.0. The number of nitrogens with one attached hydrogen (secondary N) is 1. The quantitative estimate of drug-likeness (QED) is 0.935. The van der Waals surface area contributed by atoms with Crippen molar-refractivity contribution in [1.82, 2.24) is 9.88 Å². The van der Waals surface area contributed by atoms with Crippen molar-refractivity contribution in [3.63, 3.8) is 0 Å². The zero-order chi connectivity index (χ0) is 13.8. The molecule has 1 saturated heterocycles. The molecule has 1 amide bonds. The predicted octanol–water partition coefficient (Wildman–Crippen LogP) is 1.96. The third-order valence-electron chi connectivity index (χ3n) is 3.30. The maximum atomic E-state index is 11.9. The number of carbonyl (C=O) groups excluding carboxylic acids is 1. The van der Waals surface area contributed by atoms with Crippen LogP contribution in [0.2, 0.25) is 0 Å². The van der Waals surface area contributed by atoms with Crippen LogP contribution in [-0.4, -0.2) is 48.6 Å². The molecule has 2 heterocycles. The molecule has 0 spiro atoms. The number of carbonyl (C=O) groups is 1. The van der Waals surface area contributed by atoms with Gasteiger partial charge in [0.2, 0.25) is 5.91 Å². The van der Waals surface area contributed by atoms with E-state index in [9.17, 15) is 4.79 Å². The third-order valence-corrected chi connectivity index (χ3v) is 4.25. The van der Waals surface area contributed by atoms with Crippen molar-refractivity contribution in [3.8, 4) is 0 Å². The Balaban J connectivity index is 1.52. The Labute approximate surface area is 121 Å². The highest BCUT2D eigenvalue weighted by atomic mass is 32.1. The van der Waals surface area contributed by atoms with Crippen LogP contribution < -0.4 is 5.32 Å². The first kappa shape index (κ1) is 13.5. The fraction of sp³-hybridized carbons (Fsp3) is 0.429. The Morgan fingerprint density at radius 1 is 1.35 bits per heavy atom. The number of ether oxygens (including phenoxy) is 1. The van der Waals surface area contributed by atoms with E-state index in [0.29, 0.717) is 11.6 Å². The van der Waals surface area contributed by atoms with Crippen LogP contribution in [0.5, 0.6) is 0 Å². The van der Waals surface area contributed by atoms with E-state index in [1.54, 1.807) is 0 Å². The molecule has 1 aromatic carbocycles. The second-order valence-corrected chi connectivity index (χ2v) is 5.77. The summed E-state index contributed by atoms with van der Waals surface area (Å²) in [6, 6.07) is 7.89. The molecule has 1 aromatic heterocycles. The molecule has 0 unspecified atom stereocenters. The molecule has 106 valence electrons. The van der Waals surface area contributed by atoms with E-state index in [4.69, 9.17) is 4.74 Å². The van der Waals surface area contributed by atoms with Gasteiger partial charge in [-0.3, -0.25) is 9.69 Å². The fourth-order valence-electron chi connectivity index (χ4n) is 2.19. The highest BCUT2D eigenvalue weighted by Gasteiger charge is 2.13. The number of hydrogen-bond acceptors (Lipinski definition) is 5. The first-order chi connectivity index (χ1) is 9.81. The van der Waals surface area contributed by atoms with E-state index < -0.39 is 0 Å². The number of aromatic nitrogens is 1. The Hall–Kier alpha value is -1.50. The minimum atomic E-state index is 0.0237. The number of hydrogen-bond donors (Lipinski definition) is 1. The Bertz CT molecular complexity index is 560. The molecule has 0 bridgehead atoms. The van der Waals surface area contributed by atoms with E-state index in [1.807, 2.05) is 24.3 Å². The number of anilines is 1. The topological polar surface area (TPSA) is 54.5 Å². The third kappa shape index (κ3) is 3.33. The summed E-state index contributed by atoms with van der Waals surface area (Å²) in [5, 5.41) is 3.56. The monoisotopic (exact) mass is 291 g/mol. The number of rotatable bonds is 4. The normalized spacial score (nSPS) is 16.4. The summed E-state index contributed by atoms with van der Waals surface area (Å²) >= 11 is 1.51.